The van der Waals surface area contributed by atoms with E-state index in [0.29, 0.717) is 21.0 Å². The van der Waals surface area contributed by atoms with Gasteiger partial charge in [-0.15, -0.1) is 11.3 Å². The average molecular weight is 461 g/mol. The quantitative estimate of drug-likeness (QED) is 0.555. The lowest BCUT2D eigenvalue weighted by atomic mass is 10.0. The summed E-state index contributed by atoms with van der Waals surface area (Å²) < 4.78 is 10.1. The number of esters is 2. The summed E-state index contributed by atoms with van der Waals surface area (Å²) in [4.78, 5) is 49.5. The number of anilines is 1. The first kappa shape index (κ1) is 25.1. The Morgan fingerprint density at radius 1 is 1.03 bits per heavy atom. The number of carbonyl (C=O) groups excluding carboxylic acids is 4. The van der Waals surface area contributed by atoms with Crippen LogP contribution >= 0.6 is 11.3 Å². The fourth-order valence-corrected chi connectivity index (χ4v) is 3.75. The predicted molar refractivity (Wildman–Crippen MR) is 122 cm³/mol. The monoisotopic (exact) mass is 460 g/mol. The molecular weight excluding hydrogens is 432 g/mol. The number of hydrogen-bond acceptors (Lipinski definition) is 7. The second kappa shape index (κ2) is 11.4. The van der Waals surface area contributed by atoms with Crippen LogP contribution in [0.5, 0.6) is 0 Å². The van der Waals surface area contributed by atoms with Crippen LogP contribution in [0, 0.1) is 19.8 Å². The third-order valence-electron chi connectivity index (χ3n) is 4.51. The largest absolute Gasteiger partial charge is 0.462 e. The fraction of sp³-hybridized carbons (Fsp3) is 0.391. The number of ether oxygens (including phenoxy) is 2. The van der Waals surface area contributed by atoms with Gasteiger partial charge in [0.1, 0.15) is 10.9 Å². The Kier molecular flexibility index (Phi) is 8.95. The van der Waals surface area contributed by atoms with Crippen molar-refractivity contribution in [2.24, 2.45) is 5.92 Å². The molecule has 0 radical (unpaired) electrons. The van der Waals surface area contributed by atoms with Crippen molar-refractivity contribution in [3.05, 3.63) is 51.9 Å². The van der Waals surface area contributed by atoms with Crippen molar-refractivity contribution in [1.82, 2.24) is 5.32 Å². The molecular formula is C23H28N2O6S. The van der Waals surface area contributed by atoms with Crippen molar-refractivity contribution in [1.29, 1.82) is 0 Å². The van der Waals surface area contributed by atoms with Crippen LogP contribution in [0.4, 0.5) is 5.00 Å². The first-order valence-corrected chi connectivity index (χ1v) is 11.1. The highest BCUT2D eigenvalue weighted by Crippen LogP contribution is 2.27. The molecule has 0 saturated heterocycles. The minimum atomic E-state index is -0.906. The van der Waals surface area contributed by atoms with Crippen LogP contribution in [0.3, 0.4) is 0 Å². The third kappa shape index (κ3) is 6.91. The summed E-state index contributed by atoms with van der Waals surface area (Å²) in [6.45, 7) is 8.64. The molecule has 172 valence electrons. The van der Waals surface area contributed by atoms with Gasteiger partial charge in [-0.05, 0) is 50.5 Å². The zero-order chi connectivity index (χ0) is 23.8. The molecule has 1 heterocycles. The third-order valence-corrected chi connectivity index (χ3v) is 5.64. The molecule has 1 atom stereocenters. The minimum Gasteiger partial charge on any atom is -0.462 e. The second-order valence-corrected chi connectivity index (χ2v) is 8.61. The zero-order valence-corrected chi connectivity index (χ0v) is 19.6. The Balaban J connectivity index is 1.93. The highest BCUT2D eigenvalue weighted by atomic mass is 32.1. The van der Waals surface area contributed by atoms with E-state index in [-0.39, 0.29) is 12.5 Å². The lowest BCUT2D eigenvalue weighted by Crippen LogP contribution is -2.45. The normalized spacial score (nSPS) is 11.6. The van der Waals surface area contributed by atoms with Gasteiger partial charge in [-0.3, -0.25) is 9.59 Å². The van der Waals surface area contributed by atoms with E-state index in [1.807, 2.05) is 19.1 Å². The van der Waals surface area contributed by atoms with E-state index in [1.54, 1.807) is 45.9 Å². The Hall–Kier alpha value is -3.20. The maximum absolute atomic E-state index is 12.5. The summed E-state index contributed by atoms with van der Waals surface area (Å²) >= 11 is 1.08. The maximum Gasteiger partial charge on any atom is 0.348 e. The maximum atomic E-state index is 12.5. The molecule has 0 spiro atoms. The molecule has 0 bridgehead atoms. The molecule has 0 fully saturated rings. The molecule has 9 heteroatoms. The summed E-state index contributed by atoms with van der Waals surface area (Å²) in [5, 5.41) is 5.71. The molecule has 1 aromatic heterocycles. The Morgan fingerprint density at radius 2 is 1.69 bits per heavy atom. The van der Waals surface area contributed by atoms with Gasteiger partial charge in [0.05, 0.1) is 11.6 Å². The lowest BCUT2D eigenvalue weighted by Gasteiger charge is -2.20. The fourth-order valence-electron chi connectivity index (χ4n) is 2.77. The van der Waals surface area contributed by atoms with E-state index in [0.717, 1.165) is 16.9 Å². The van der Waals surface area contributed by atoms with E-state index in [9.17, 15) is 19.2 Å². The van der Waals surface area contributed by atoms with Gasteiger partial charge in [0.25, 0.3) is 11.8 Å². The summed E-state index contributed by atoms with van der Waals surface area (Å²) in [5.41, 5.74) is 2.12. The number of thiophene rings is 1. The highest BCUT2D eigenvalue weighted by molar-refractivity contribution is 7.18. The van der Waals surface area contributed by atoms with Gasteiger partial charge >= 0.3 is 11.9 Å². The number of hydrogen-bond donors (Lipinski definition) is 2. The number of nitrogens with one attached hydrogen (secondary N) is 2. The first-order chi connectivity index (χ1) is 15.1. The SMILES string of the molecule is CCOC(=O)c1sc(NC(=O)COC(=O)[C@@H](NC(=O)c2ccc(C)cc2)C(C)C)cc1C. The molecule has 0 aliphatic rings. The van der Waals surface area contributed by atoms with Gasteiger partial charge in [0, 0.05) is 5.56 Å². The molecule has 2 rings (SSSR count). The summed E-state index contributed by atoms with van der Waals surface area (Å²) in [6.07, 6.45) is 0. The topological polar surface area (TPSA) is 111 Å². The van der Waals surface area contributed by atoms with E-state index in [1.165, 1.54) is 0 Å². The molecule has 0 aliphatic carbocycles. The molecule has 0 unspecified atom stereocenters. The van der Waals surface area contributed by atoms with E-state index in [2.05, 4.69) is 10.6 Å². The van der Waals surface area contributed by atoms with Crippen molar-refractivity contribution in [3.63, 3.8) is 0 Å². The average Bonchev–Trinajstić information content (AvgIpc) is 3.10. The van der Waals surface area contributed by atoms with Crippen LogP contribution in [0.15, 0.2) is 30.3 Å². The molecule has 8 nitrogen and oxygen atoms in total. The molecule has 0 saturated carbocycles. The zero-order valence-electron chi connectivity index (χ0n) is 18.8. The van der Waals surface area contributed by atoms with Crippen LogP contribution in [-0.4, -0.2) is 43.0 Å². The van der Waals surface area contributed by atoms with Gasteiger partial charge in [-0.2, -0.15) is 0 Å². The number of carbonyl (C=O) groups is 4. The molecule has 1 aromatic carbocycles. The lowest BCUT2D eigenvalue weighted by molar-refractivity contribution is -0.150. The predicted octanol–water partition coefficient (Wildman–Crippen LogP) is 3.48. The number of rotatable bonds is 9. The van der Waals surface area contributed by atoms with Crippen LogP contribution in [0.25, 0.3) is 0 Å². The highest BCUT2D eigenvalue weighted by Gasteiger charge is 2.27. The molecule has 32 heavy (non-hydrogen) atoms. The second-order valence-electron chi connectivity index (χ2n) is 7.56. The Morgan fingerprint density at radius 3 is 2.28 bits per heavy atom. The minimum absolute atomic E-state index is 0.243. The van der Waals surface area contributed by atoms with E-state index >= 15 is 0 Å². The van der Waals surface area contributed by atoms with Gasteiger partial charge in [0.2, 0.25) is 0 Å². The Labute approximate surface area is 191 Å². The van der Waals surface area contributed by atoms with Crippen molar-refractivity contribution in [3.8, 4) is 0 Å². The number of aryl methyl sites for hydroxylation is 2. The standard InChI is InChI=1S/C23H28N2O6S/c1-6-30-23(29)20-15(5)11-18(32-20)24-17(26)12-31-22(28)19(13(2)3)25-21(27)16-9-7-14(4)8-10-16/h7-11,13,19H,6,12H2,1-5H3,(H,24,26)(H,25,27)/t19-/m0/s1. The molecule has 2 N–H and O–H groups in total. The smallest absolute Gasteiger partial charge is 0.348 e. The van der Waals surface area contributed by atoms with E-state index < -0.39 is 36.4 Å². The molecule has 2 amide bonds. The van der Waals surface area contributed by atoms with E-state index in [4.69, 9.17) is 9.47 Å². The van der Waals surface area contributed by atoms with Crippen LogP contribution in [0.2, 0.25) is 0 Å². The van der Waals surface area contributed by atoms with Gasteiger partial charge in [-0.25, -0.2) is 9.59 Å². The summed E-state index contributed by atoms with van der Waals surface area (Å²) in [7, 11) is 0. The van der Waals surface area contributed by atoms with Crippen molar-refractivity contribution >= 4 is 40.1 Å². The summed E-state index contributed by atoms with van der Waals surface area (Å²) in [6, 6.07) is 7.71. The molecule has 0 aliphatic heterocycles. The van der Waals surface area contributed by atoms with Gasteiger partial charge in [0.15, 0.2) is 6.61 Å². The van der Waals surface area contributed by atoms with Gasteiger partial charge < -0.3 is 20.1 Å². The van der Waals surface area contributed by atoms with Crippen LogP contribution in [-0.2, 0) is 19.1 Å². The van der Waals surface area contributed by atoms with Crippen molar-refractivity contribution in [2.45, 2.75) is 40.7 Å². The number of amides is 2. The summed E-state index contributed by atoms with van der Waals surface area (Å²) in [5.74, 6) is -2.35. The Bertz CT molecular complexity index is 981. The van der Waals surface area contributed by atoms with Crippen LogP contribution in [0.1, 0.15) is 51.9 Å². The number of benzene rings is 1. The van der Waals surface area contributed by atoms with Gasteiger partial charge in [-0.1, -0.05) is 31.5 Å². The van der Waals surface area contributed by atoms with Crippen LogP contribution < -0.4 is 10.6 Å². The van der Waals surface area contributed by atoms with Crippen molar-refractivity contribution < 1.29 is 28.7 Å². The first-order valence-electron chi connectivity index (χ1n) is 10.2. The van der Waals surface area contributed by atoms with Crippen molar-refractivity contribution in [2.75, 3.05) is 18.5 Å². The molecule has 2 aromatic rings.